The molecule has 0 radical (unpaired) electrons. The fourth-order valence-corrected chi connectivity index (χ4v) is 6.84. The molecule has 1 atom stereocenters. The van der Waals surface area contributed by atoms with Crippen LogP contribution in [-0.2, 0) is 11.2 Å². The lowest BCUT2D eigenvalue weighted by Crippen LogP contribution is -2.51. The van der Waals surface area contributed by atoms with Crippen molar-refractivity contribution in [3.05, 3.63) is 35.8 Å². The lowest BCUT2D eigenvalue weighted by Gasteiger charge is -2.56. The third-order valence-electron chi connectivity index (χ3n) is 7.79. The summed E-state index contributed by atoms with van der Waals surface area (Å²) in [4.78, 5) is 29.8. The molecule has 7 nitrogen and oxygen atoms in total. The number of amides is 2. The van der Waals surface area contributed by atoms with Crippen molar-refractivity contribution in [2.45, 2.75) is 64.4 Å². The Morgan fingerprint density at radius 3 is 2.50 bits per heavy atom. The van der Waals surface area contributed by atoms with Crippen molar-refractivity contribution in [1.82, 2.24) is 20.0 Å². The SMILES string of the molecule is CC(O)CCNC(=O)Cc1cn2c(C(=O)NCC34CC5CC(CC(C5)C3)C4)cccc2n1. The van der Waals surface area contributed by atoms with Crippen molar-refractivity contribution >= 4 is 17.5 Å². The number of aliphatic hydroxyl groups is 1. The van der Waals surface area contributed by atoms with E-state index in [-0.39, 0.29) is 18.2 Å². The lowest BCUT2D eigenvalue weighted by atomic mass is 9.49. The van der Waals surface area contributed by atoms with Crippen molar-refractivity contribution in [2.24, 2.45) is 23.2 Å². The second-order valence-electron chi connectivity index (χ2n) is 10.6. The number of hydrogen-bond acceptors (Lipinski definition) is 4. The number of imidazole rings is 1. The fraction of sp³-hybridized carbons (Fsp3) is 0.640. The van der Waals surface area contributed by atoms with Gasteiger partial charge in [0.25, 0.3) is 5.91 Å². The van der Waals surface area contributed by atoms with Gasteiger partial charge < -0.3 is 15.7 Å². The van der Waals surface area contributed by atoms with Gasteiger partial charge in [-0.1, -0.05) is 6.07 Å². The lowest BCUT2D eigenvalue weighted by molar-refractivity contribution is -0.120. The summed E-state index contributed by atoms with van der Waals surface area (Å²) in [6, 6.07) is 5.51. The van der Waals surface area contributed by atoms with Gasteiger partial charge in [-0.05, 0) is 87.2 Å². The smallest absolute Gasteiger partial charge is 0.268 e. The predicted octanol–water partition coefficient (Wildman–Crippen LogP) is 2.71. The zero-order valence-corrected chi connectivity index (χ0v) is 18.8. The van der Waals surface area contributed by atoms with Crippen molar-refractivity contribution in [1.29, 1.82) is 0 Å². The Kier molecular flexibility index (Phi) is 5.70. The van der Waals surface area contributed by atoms with Gasteiger partial charge in [0.15, 0.2) is 0 Å². The normalized spacial score (nSPS) is 29.2. The highest BCUT2D eigenvalue weighted by Gasteiger charge is 2.50. The highest BCUT2D eigenvalue weighted by atomic mass is 16.3. The molecule has 172 valence electrons. The molecular formula is C25H34N4O3. The predicted molar refractivity (Wildman–Crippen MR) is 121 cm³/mol. The van der Waals surface area contributed by atoms with E-state index in [1.54, 1.807) is 17.5 Å². The number of aromatic nitrogens is 2. The number of hydrogen-bond donors (Lipinski definition) is 3. The van der Waals surface area contributed by atoms with Gasteiger partial charge in [-0.15, -0.1) is 0 Å². The van der Waals surface area contributed by atoms with E-state index in [4.69, 9.17) is 0 Å². The largest absolute Gasteiger partial charge is 0.393 e. The molecule has 2 aromatic rings. The number of carbonyl (C=O) groups excluding carboxylic acids is 2. The Morgan fingerprint density at radius 2 is 1.84 bits per heavy atom. The van der Waals surface area contributed by atoms with Crippen LogP contribution in [0.3, 0.4) is 0 Å². The molecule has 0 aliphatic heterocycles. The van der Waals surface area contributed by atoms with Crippen LogP contribution in [-0.4, -0.2) is 45.5 Å². The first-order chi connectivity index (χ1) is 15.4. The molecule has 0 aromatic carbocycles. The summed E-state index contributed by atoms with van der Waals surface area (Å²) in [6.45, 7) is 2.89. The standard InChI is InChI=1S/C25H34N4O3/c1-16(30)5-6-26-23(31)10-20-14-29-21(3-2-4-22(29)28-20)24(32)27-15-25-11-17-7-18(12-25)9-19(8-17)13-25/h2-4,14,16-19,30H,5-13,15H2,1H3,(H,26,31)(H,27,32). The molecule has 2 amide bonds. The van der Waals surface area contributed by atoms with Gasteiger partial charge in [-0.2, -0.15) is 0 Å². The van der Waals surface area contributed by atoms with Crippen LogP contribution in [0.4, 0.5) is 0 Å². The highest BCUT2D eigenvalue weighted by molar-refractivity contribution is 5.93. The summed E-state index contributed by atoms with van der Waals surface area (Å²) < 4.78 is 1.79. The van der Waals surface area contributed by atoms with Crippen molar-refractivity contribution in [3.63, 3.8) is 0 Å². The molecule has 4 bridgehead atoms. The van der Waals surface area contributed by atoms with E-state index in [0.717, 1.165) is 24.3 Å². The third kappa shape index (κ3) is 4.40. The molecule has 6 rings (SSSR count). The van der Waals surface area contributed by atoms with Crippen LogP contribution < -0.4 is 10.6 Å². The second kappa shape index (κ2) is 8.50. The maximum atomic E-state index is 13.1. The molecule has 4 saturated carbocycles. The van der Waals surface area contributed by atoms with Crippen molar-refractivity contribution in [3.8, 4) is 0 Å². The van der Waals surface area contributed by atoms with Crippen molar-refractivity contribution in [2.75, 3.05) is 13.1 Å². The zero-order valence-electron chi connectivity index (χ0n) is 18.8. The van der Waals surface area contributed by atoms with Gasteiger partial charge in [-0.25, -0.2) is 4.98 Å². The number of rotatable bonds is 8. The first-order valence-corrected chi connectivity index (χ1v) is 12.1. The Hall–Kier alpha value is -2.41. The van der Waals surface area contributed by atoms with Gasteiger partial charge >= 0.3 is 0 Å². The van der Waals surface area contributed by atoms with Crippen LogP contribution >= 0.6 is 0 Å². The minimum absolute atomic E-state index is 0.0725. The number of nitrogens with zero attached hydrogens (tertiary/aromatic N) is 2. The molecule has 1 unspecified atom stereocenters. The Morgan fingerprint density at radius 1 is 1.16 bits per heavy atom. The van der Waals surface area contributed by atoms with E-state index >= 15 is 0 Å². The maximum absolute atomic E-state index is 13.1. The Labute approximate surface area is 189 Å². The number of nitrogens with one attached hydrogen (secondary N) is 2. The summed E-state index contributed by atoms with van der Waals surface area (Å²) in [6.07, 6.45) is 10.0. The molecule has 0 saturated heterocycles. The van der Waals surface area contributed by atoms with Gasteiger partial charge in [0, 0.05) is 19.3 Å². The minimum atomic E-state index is -0.440. The zero-order chi connectivity index (χ0) is 22.3. The molecular weight excluding hydrogens is 404 g/mol. The highest BCUT2D eigenvalue weighted by Crippen LogP contribution is 2.59. The van der Waals surface area contributed by atoms with E-state index in [1.807, 2.05) is 18.2 Å². The molecule has 2 aromatic heterocycles. The maximum Gasteiger partial charge on any atom is 0.268 e. The third-order valence-corrected chi connectivity index (χ3v) is 7.79. The monoisotopic (exact) mass is 438 g/mol. The van der Waals surface area contributed by atoms with E-state index in [9.17, 15) is 14.7 Å². The average Bonchev–Trinajstić information content (AvgIpc) is 3.13. The molecule has 32 heavy (non-hydrogen) atoms. The van der Waals surface area contributed by atoms with Gasteiger partial charge in [0.1, 0.15) is 11.3 Å². The number of pyridine rings is 1. The Bertz CT molecular complexity index is 976. The molecule has 4 fully saturated rings. The summed E-state index contributed by atoms with van der Waals surface area (Å²) in [5.41, 5.74) is 2.14. The van der Waals surface area contributed by atoms with E-state index in [0.29, 0.717) is 35.4 Å². The topological polar surface area (TPSA) is 95.7 Å². The van der Waals surface area contributed by atoms with Gasteiger partial charge in [0.2, 0.25) is 5.91 Å². The summed E-state index contributed by atoms with van der Waals surface area (Å²) >= 11 is 0. The minimum Gasteiger partial charge on any atom is -0.393 e. The van der Waals surface area contributed by atoms with Crippen LogP contribution in [0, 0.1) is 23.2 Å². The fourth-order valence-electron chi connectivity index (χ4n) is 6.84. The van der Waals surface area contributed by atoms with E-state index < -0.39 is 6.10 Å². The summed E-state index contributed by atoms with van der Waals surface area (Å²) in [7, 11) is 0. The van der Waals surface area contributed by atoms with E-state index in [2.05, 4.69) is 15.6 Å². The number of fused-ring (bicyclic) bond motifs is 1. The second-order valence-corrected chi connectivity index (χ2v) is 10.6. The Balaban J connectivity index is 1.24. The molecule has 0 spiro atoms. The average molecular weight is 439 g/mol. The quantitative estimate of drug-likeness (QED) is 0.591. The number of carbonyl (C=O) groups is 2. The van der Waals surface area contributed by atoms with Crippen LogP contribution in [0.15, 0.2) is 24.4 Å². The first kappa shape index (κ1) is 21.4. The van der Waals surface area contributed by atoms with E-state index in [1.165, 1.54) is 38.5 Å². The number of aliphatic hydroxyl groups excluding tert-OH is 1. The van der Waals surface area contributed by atoms with Crippen LogP contribution in [0.25, 0.3) is 5.65 Å². The van der Waals surface area contributed by atoms with Gasteiger partial charge in [-0.3, -0.25) is 14.0 Å². The van der Waals surface area contributed by atoms with Crippen LogP contribution in [0.1, 0.15) is 68.1 Å². The molecule has 4 aliphatic rings. The van der Waals surface area contributed by atoms with Gasteiger partial charge in [0.05, 0.1) is 18.2 Å². The first-order valence-electron chi connectivity index (χ1n) is 12.1. The van der Waals surface area contributed by atoms with Crippen LogP contribution in [0.2, 0.25) is 0 Å². The van der Waals surface area contributed by atoms with Crippen molar-refractivity contribution < 1.29 is 14.7 Å². The molecule has 4 aliphatic carbocycles. The molecule has 3 N–H and O–H groups in total. The molecule has 2 heterocycles. The summed E-state index contributed by atoms with van der Waals surface area (Å²) in [5, 5.41) is 15.4. The van der Waals surface area contributed by atoms with Crippen LogP contribution in [0.5, 0.6) is 0 Å². The summed E-state index contributed by atoms with van der Waals surface area (Å²) in [5.74, 6) is 2.39. The molecule has 7 heteroatoms.